The monoisotopic (exact) mass is 318 g/mol. The minimum absolute atomic E-state index is 0.0614. The molecule has 3 rings (SSSR count). The summed E-state index contributed by atoms with van der Waals surface area (Å²) >= 11 is 0. The van der Waals surface area contributed by atoms with Gasteiger partial charge in [-0.1, -0.05) is 11.6 Å². The van der Waals surface area contributed by atoms with Crippen LogP contribution in [-0.2, 0) is 4.84 Å². The van der Waals surface area contributed by atoms with E-state index in [0.717, 1.165) is 48.5 Å². The predicted molar refractivity (Wildman–Crippen MR) is 90.2 cm³/mol. The first-order chi connectivity index (χ1) is 11.3. The third-order valence-corrected chi connectivity index (χ3v) is 4.71. The molecule has 5 heteroatoms. The Balaban J connectivity index is 1.73. The summed E-state index contributed by atoms with van der Waals surface area (Å²) in [5.41, 5.74) is 7.53. The molecular weight excluding hydrogens is 292 g/mol. The molecule has 1 aliphatic carbocycles. The Labute approximate surface area is 137 Å². The van der Waals surface area contributed by atoms with Gasteiger partial charge in [-0.3, -0.25) is 0 Å². The zero-order valence-electron chi connectivity index (χ0n) is 13.8. The Morgan fingerprint density at radius 1 is 1.22 bits per heavy atom. The summed E-state index contributed by atoms with van der Waals surface area (Å²) in [5, 5.41) is 4.38. The van der Waals surface area contributed by atoms with Gasteiger partial charge in [-0.15, -0.1) is 0 Å². The molecule has 0 aromatic heterocycles. The molecule has 1 aromatic rings. The molecule has 126 valence electrons. The Morgan fingerprint density at radius 2 is 2.04 bits per heavy atom. The number of nitrogens with two attached hydrogens (primary N) is 1. The molecule has 5 nitrogen and oxygen atoms in total. The lowest BCUT2D eigenvalue weighted by Crippen LogP contribution is -2.31. The Morgan fingerprint density at radius 3 is 2.78 bits per heavy atom. The summed E-state index contributed by atoms with van der Waals surface area (Å²) in [6.45, 7) is 1.20. The highest BCUT2D eigenvalue weighted by Gasteiger charge is 2.40. The highest BCUT2D eigenvalue weighted by molar-refractivity contribution is 6.02. The molecule has 0 bridgehead atoms. The quantitative estimate of drug-likeness (QED) is 0.818. The van der Waals surface area contributed by atoms with E-state index in [4.69, 9.17) is 20.0 Å². The molecular formula is C18H26N2O3. The summed E-state index contributed by atoms with van der Waals surface area (Å²) < 4.78 is 11.2. The zero-order valence-corrected chi connectivity index (χ0v) is 13.8. The van der Waals surface area contributed by atoms with Crippen LogP contribution in [-0.4, -0.2) is 31.6 Å². The summed E-state index contributed by atoms with van der Waals surface area (Å²) in [5.74, 6) is 1.48. The van der Waals surface area contributed by atoms with Gasteiger partial charge in [0.15, 0.2) is 11.5 Å². The van der Waals surface area contributed by atoms with Gasteiger partial charge in [0.25, 0.3) is 0 Å². The standard InChI is InChI=1S/C18H26N2O3/c1-21-16-7-6-14(12-17(16)22-11-5-10-19)15-13-18(23-20-15)8-3-2-4-9-18/h6-7,12H,2-5,8-11,13,19H2,1H3. The fourth-order valence-electron chi connectivity index (χ4n) is 3.38. The number of hydrogen-bond donors (Lipinski definition) is 1. The Hall–Kier alpha value is -1.75. The molecule has 1 aromatic carbocycles. The summed E-state index contributed by atoms with van der Waals surface area (Å²) in [6, 6.07) is 5.96. The van der Waals surface area contributed by atoms with Crippen LogP contribution in [0.5, 0.6) is 11.5 Å². The fourth-order valence-corrected chi connectivity index (χ4v) is 3.38. The van der Waals surface area contributed by atoms with Crippen LogP contribution < -0.4 is 15.2 Å². The van der Waals surface area contributed by atoms with Crippen LogP contribution in [0.2, 0.25) is 0 Å². The van der Waals surface area contributed by atoms with E-state index in [2.05, 4.69) is 5.16 Å². The minimum Gasteiger partial charge on any atom is -0.493 e. The molecule has 0 radical (unpaired) electrons. The number of methoxy groups -OCH3 is 1. The number of oxime groups is 1. The van der Waals surface area contributed by atoms with Crippen molar-refractivity contribution in [1.82, 2.24) is 0 Å². The highest BCUT2D eigenvalue weighted by Crippen LogP contribution is 2.40. The van der Waals surface area contributed by atoms with Crippen molar-refractivity contribution in [3.8, 4) is 11.5 Å². The number of ether oxygens (including phenoxy) is 2. The molecule has 1 aliphatic heterocycles. The molecule has 0 amide bonds. The van der Waals surface area contributed by atoms with Crippen molar-refractivity contribution in [2.24, 2.45) is 10.9 Å². The van der Waals surface area contributed by atoms with Crippen molar-refractivity contribution in [1.29, 1.82) is 0 Å². The minimum atomic E-state index is -0.0614. The molecule has 2 N–H and O–H groups in total. The maximum Gasteiger partial charge on any atom is 0.161 e. The van der Waals surface area contributed by atoms with Gasteiger partial charge in [-0.2, -0.15) is 0 Å². The van der Waals surface area contributed by atoms with Gasteiger partial charge >= 0.3 is 0 Å². The van der Waals surface area contributed by atoms with Gasteiger partial charge in [-0.25, -0.2) is 0 Å². The van der Waals surface area contributed by atoms with Crippen molar-refractivity contribution >= 4 is 5.71 Å². The Kier molecular flexibility index (Phi) is 5.06. The van der Waals surface area contributed by atoms with E-state index in [0.29, 0.717) is 13.2 Å². The van der Waals surface area contributed by atoms with Gasteiger partial charge in [0.2, 0.25) is 0 Å². The first-order valence-electron chi connectivity index (χ1n) is 8.53. The first kappa shape index (κ1) is 16.1. The van der Waals surface area contributed by atoms with Gasteiger partial charge < -0.3 is 20.0 Å². The van der Waals surface area contributed by atoms with E-state index < -0.39 is 0 Å². The molecule has 2 aliphatic rings. The van der Waals surface area contributed by atoms with Crippen molar-refractivity contribution in [3.63, 3.8) is 0 Å². The van der Waals surface area contributed by atoms with Crippen LogP contribution in [0.3, 0.4) is 0 Å². The SMILES string of the molecule is COc1ccc(C2=NOC3(CCCCC3)C2)cc1OCCCN. The largest absolute Gasteiger partial charge is 0.493 e. The van der Waals surface area contributed by atoms with Crippen molar-refractivity contribution in [2.45, 2.75) is 50.5 Å². The van der Waals surface area contributed by atoms with Gasteiger partial charge in [-0.05, 0) is 56.8 Å². The van der Waals surface area contributed by atoms with E-state index >= 15 is 0 Å². The lowest BCUT2D eigenvalue weighted by atomic mass is 9.81. The van der Waals surface area contributed by atoms with Gasteiger partial charge in [0.05, 0.1) is 19.4 Å². The predicted octanol–water partition coefficient (Wildman–Crippen LogP) is 3.25. The molecule has 1 spiro atoms. The van der Waals surface area contributed by atoms with Gasteiger partial charge in [0.1, 0.15) is 5.60 Å². The Bertz CT molecular complexity index is 565. The average molecular weight is 318 g/mol. The van der Waals surface area contributed by atoms with E-state index in [9.17, 15) is 0 Å². The number of rotatable bonds is 6. The van der Waals surface area contributed by atoms with Crippen LogP contribution in [0, 0.1) is 0 Å². The van der Waals surface area contributed by atoms with E-state index in [1.165, 1.54) is 19.3 Å². The third-order valence-electron chi connectivity index (χ3n) is 4.71. The molecule has 1 fully saturated rings. The second-order valence-electron chi connectivity index (χ2n) is 6.41. The topological polar surface area (TPSA) is 66.1 Å². The molecule has 1 heterocycles. The maximum atomic E-state index is 5.84. The van der Waals surface area contributed by atoms with E-state index in [1.807, 2.05) is 18.2 Å². The lowest BCUT2D eigenvalue weighted by Gasteiger charge is -2.30. The van der Waals surface area contributed by atoms with Crippen LogP contribution in [0.1, 0.15) is 50.5 Å². The van der Waals surface area contributed by atoms with Crippen LogP contribution in [0.25, 0.3) is 0 Å². The number of nitrogens with zero attached hydrogens (tertiary/aromatic N) is 1. The maximum absolute atomic E-state index is 5.84. The third kappa shape index (κ3) is 3.61. The summed E-state index contributed by atoms with van der Waals surface area (Å²) in [6.07, 6.45) is 7.70. The molecule has 1 saturated carbocycles. The first-order valence-corrected chi connectivity index (χ1v) is 8.53. The van der Waals surface area contributed by atoms with Gasteiger partial charge in [0, 0.05) is 12.0 Å². The van der Waals surface area contributed by atoms with Crippen LogP contribution in [0.4, 0.5) is 0 Å². The van der Waals surface area contributed by atoms with Crippen LogP contribution >= 0.6 is 0 Å². The highest BCUT2D eigenvalue weighted by atomic mass is 16.7. The lowest BCUT2D eigenvalue weighted by molar-refractivity contribution is -0.0449. The molecule has 23 heavy (non-hydrogen) atoms. The smallest absolute Gasteiger partial charge is 0.161 e. The van der Waals surface area contributed by atoms with Crippen molar-refractivity contribution in [2.75, 3.05) is 20.3 Å². The van der Waals surface area contributed by atoms with Crippen molar-refractivity contribution < 1.29 is 14.3 Å². The second kappa shape index (κ2) is 7.21. The zero-order chi connectivity index (χ0) is 16.1. The molecule has 0 atom stereocenters. The fraction of sp³-hybridized carbons (Fsp3) is 0.611. The molecule has 0 unspecified atom stereocenters. The average Bonchev–Trinajstić information content (AvgIpc) is 2.99. The number of hydrogen-bond acceptors (Lipinski definition) is 5. The summed E-state index contributed by atoms with van der Waals surface area (Å²) in [4.78, 5) is 5.84. The second-order valence-corrected chi connectivity index (χ2v) is 6.41. The van der Waals surface area contributed by atoms with Crippen LogP contribution in [0.15, 0.2) is 23.4 Å². The van der Waals surface area contributed by atoms with Crippen molar-refractivity contribution in [3.05, 3.63) is 23.8 Å². The summed E-state index contributed by atoms with van der Waals surface area (Å²) in [7, 11) is 1.65. The van der Waals surface area contributed by atoms with E-state index in [1.54, 1.807) is 7.11 Å². The van der Waals surface area contributed by atoms with E-state index in [-0.39, 0.29) is 5.60 Å². The number of benzene rings is 1. The molecule has 0 saturated heterocycles. The normalized spacial score (nSPS) is 19.3.